The SMILES string of the molecule is COc1ccc(F)c(F)c1C1(N)CC1. The number of benzene rings is 1. The van der Waals surface area contributed by atoms with E-state index in [0.717, 1.165) is 6.07 Å². The van der Waals surface area contributed by atoms with Crippen molar-refractivity contribution in [1.29, 1.82) is 0 Å². The third-order valence-corrected chi connectivity index (χ3v) is 2.56. The molecule has 0 aliphatic heterocycles. The molecule has 2 rings (SSSR count). The first-order valence-electron chi connectivity index (χ1n) is 4.40. The second-order valence-corrected chi connectivity index (χ2v) is 3.59. The molecule has 2 N–H and O–H groups in total. The van der Waals surface area contributed by atoms with Crippen LogP contribution in [0, 0.1) is 11.6 Å². The molecule has 14 heavy (non-hydrogen) atoms. The maximum Gasteiger partial charge on any atom is 0.167 e. The fraction of sp³-hybridized carbons (Fsp3) is 0.400. The number of methoxy groups -OCH3 is 1. The standard InChI is InChI=1S/C10H11F2NO/c1-14-7-3-2-6(11)9(12)8(7)10(13)4-5-10/h2-3H,4-5,13H2,1H3. The molecule has 1 saturated carbocycles. The van der Waals surface area contributed by atoms with Gasteiger partial charge >= 0.3 is 0 Å². The minimum atomic E-state index is -0.885. The molecule has 1 fully saturated rings. The van der Waals surface area contributed by atoms with E-state index in [-0.39, 0.29) is 5.56 Å². The quantitative estimate of drug-likeness (QED) is 0.789. The van der Waals surface area contributed by atoms with E-state index in [1.54, 1.807) is 0 Å². The summed E-state index contributed by atoms with van der Waals surface area (Å²) in [6.45, 7) is 0. The molecule has 0 amide bonds. The van der Waals surface area contributed by atoms with Gasteiger partial charge in [-0.25, -0.2) is 8.78 Å². The summed E-state index contributed by atoms with van der Waals surface area (Å²) in [7, 11) is 1.42. The second-order valence-electron chi connectivity index (χ2n) is 3.59. The van der Waals surface area contributed by atoms with Crippen LogP contribution in [0.5, 0.6) is 5.75 Å². The maximum absolute atomic E-state index is 13.5. The van der Waals surface area contributed by atoms with Gasteiger partial charge < -0.3 is 10.5 Å². The topological polar surface area (TPSA) is 35.2 Å². The van der Waals surface area contributed by atoms with Gasteiger partial charge in [0.05, 0.1) is 12.7 Å². The Morgan fingerprint density at radius 1 is 1.36 bits per heavy atom. The van der Waals surface area contributed by atoms with Gasteiger partial charge in [0, 0.05) is 5.54 Å². The summed E-state index contributed by atoms with van der Waals surface area (Å²) in [5.41, 5.74) is 5.27. The molecule has 4 heteroatoms. The van der Waals surface area contributed by atoms with Crippen molar-refractivity contribution in [3.63, 3.8) is 0 Å². The molecule has 76 valence electrons. The molecule has 1 aliphatic carbocycles. The van der Waals surface area contributed by atoms with Gasteiger partial charge in [0.1, 0.15) is 5.75 Å². The highest BCUT2D eigenvalue weighted by atomic mass is 19.2. The first-order valence-corrected chi connectivity index (χ1v) is 4.40. The zero-order valence-electron chi connectivity index (χ0n) is 7.81. The summed E-state index contributed by atoms with van der Waals surface area (Å²) in [5, 5.41) is 0. The van der Waals surface area contributed by atoms with Crippen molar-refractivity contribution < 1.29 is 13.5 Å². The van der Waals surface area contributed by atoms with Gasteiger partial charge in [0.25, 0.3) is 0 Å². The Morgan fingerprint density at radius 3 is 2.50 bits per heavy atom. The van der Waals surface area contributed by atoms with Crippen LogP contribution in [0.2, 0.25) is 0 Å². The smallest absolute Gasteiger partial charge is 0.167 e. The molecule has 0 unspecified atom stereocenters. The molecule has 0 radical (unpaired) electrons. The molecule has 0 atom stereocenters. The van der Waals surface area contributed by atoms with Crippen molar-refractivity contribution in [3.05, 3.63) is 29.3 Å². The van der Waals surface area contributed by atoms with E-state index < -0.39 is 17.2 Å². The number of rotatable bonds is 2. The minimum Gasteiger partial charge on any atom is -0.496 e. The maximum atomic E-state index is 13.5. The summed E-state index contributed by atoms with van der Waals surface area (Å²) in [4.78, 5) is 0. The molecule has 2 nitrogen and oxygen atoms in total. The van der Waals surface area contributed by atoms with Crippen LogP contribution in [-0.2, 0) is 5.54 Å². The molecule has 0 heterocycles. The Bertz CT molecular complexity index is 375. The van der Waals surface area contributed by atoms with E-state index in [1.165, 1.54) is 13.2 Å². The van der Waals surface area contributed by atoms with Gasteiger partial charge in [-0.2, -0.15) is 0 Å². The highest BCUT2D eigenvalue weighted by Crippen LogP contribution is 2.47. The third kappa shape index (κ3) is 1.26. The minimum absolute atomic E-state index is 0.167. The largest absolute Gasteiger partial charge is 0.496 e. The zero-order valence-corrected chi connectivity index (χ0v) is 7.81. The van der Waals surface area contributed by atoms with Crippen molar-refractivity contribution in [2.75, 3.05) is 7.11 Å². The number of hydrogen-bond donors (Lipinski definition) is 1. The fourth-order valence-corrected chi connectivity index (χ4v) is 1.55. The number of nitrogens with two attached hydrogens (primary N) is 1. The predicted molar refractivity (Wildman–Crippen MR) is 48.0 cm³/mol. The van der Waals surface area contributed by atoms with Gasteiger partial charge in [0.15, 0.2) is 11.6 Å². The summed E-state index contributed by atoms with van der Waals surface area (Å²) >= 11 is 0. The van der Waals surface area contributed by atoms with Crippen molar-refractivity contribution >= 4 is 0 Å². The van der Waals surface area contributed by atoms with Crippen LogP contribution in [0.25, 0.3) is 0 Å². The van der Waals surface area contributed by atoms with E-state index in [1.807, 2.05) is 0 Å². The lowest BCUT2D eigenvalue weighted by Crippen LogP contribution is -2.22. The molecular weight excluding hydrogens is 188 g/mol. The fourth-order valence-electron chi connectivity index (χ4n) is 1.55. The first kappa shape index (κ1) is 9.40. The van der Waals surface area contributed by atoms with Gasteiger partial charge in [-0.05, 0) is 25.0 Å². The molecule has 1 aromatic carbocycles. The number of ether oxygens (including phenoxy) is 1. The van der Waals surface area contributed by atoms with E-state index in [9.17, 15) is 8.78 Å². The summed E-state index contributed by atoms with van der Waals surface area (Å²) < 4.78 is 31.4. The van der Waals surface area contributed by atoms with Gasteiger partial charge in [-0.15, -0.1) is 0 Å². The van der Waals surface area contributed by atoms with Gasteiger partial charge in [-0.3, -0.25) is 0 Å². The Morgan fingerprint density at radius 2 is 2.00 bits per heavy atom. The Kier molecular flexibility index (Phi) is 1.96. The van der Waals surface area contributed by atoms with Crippen LogP contribution in [0.4, 0.5) is 8.78 Å². The second kappa shape index (κ2) is 2.92. The Hall–Kier alpha value is -1.16. The van der Waals surface area contributed by atoms with Crippen LogP contribution in [0.1, 0.15) is 18.4 Å². The molecule has 0 spiro atoms. The van der Waals surface area contributed by atoms with Gasteiger partial charge in [0.2, 0.25) is 0 Å². The first-order chi connectivity index (χ1) is 6.58. The Labute approximate surface area is 80.7 Å². The van der Waals surface area contributed by atoms with Gasteiger partial charge in [-0.1, -0.05) is 0 Å². The lowest BCUT2D eigenvalue weighted by Gasteiger charge is -2.15. The summed E-state index contributed by atoms with van der Waals surface area (Å²) in [6.07, 6.45) is 1.34. The molecule has 1 aromatic rings. The third-order valence-electron chi connectivity index (χ3n) is 2.56. The van der Waals surface area contributed by atoms with E-state index in [2.05, 4.69) is 0 Å². The van der Waals surface area contributed by atoms with E-state index >= 15 is 0 Å². The molecule has 0 aromatic heterocycles. The van der Waals surface area contributed by atoms with E-state index in [4.69, 9.17) is 10.5 Å². The van der Waals surface area contributed by atoms with Crippen LogP contribution in [-0.4, -0.2) is 7.11 Å². The molecule has 0 saturated heterocycles. The average Bonchev–Trinajstić information content (AvgIpc) is 2.89. The lowest BCUT2D eigenvalue weighted by atomic mass is 10.0. The van der Waals surface area contributed by atoms with Crippen LogP contribution in [0.15, 0.2) is 12.1 Å². The number of hydrogen-bond acceptors (Lipinski definition) is 2. The number of halogens is 2. The van der Waals surface area contributed by atoms with Crippen LogP contribution in [0.3, 0.4) is 0 Å². The molecular formula is C10H11F2NO. The summed E-state index contributed by atoms with van der Waals surface area (Å²) in [6, 6.07) is 2.45. The van der Waals surface area contributed by atoms with Crippen LogP contribution >= 0.6 is 0 Å². The lowest BCUT2D eigenvalue weighted by molar-refractivity contribution is 0.389. The van der Waals surface area contributed by atoms with Crippen molar-refractivity contribution in [2.24, 2.45) is 5.73 Å². The highest BCUT2D eigenvalue weighted by Gasteiger charge is 2.45. The van der Waals surface area contributed by atoms with Crippen LogP contribution < -0.4 is 10.5 Å². The molecule has 0 bridgehead atoms. The zero-order chi connectivity index (χ0) is 10.3. The van der Waals surface area contributed by atoms with Crippen molar-refractivity contribution in [3.8, 4) is 5.75 Å². The van der Waals surface area contributed by atoms with Crippen molar-refractivity contribution in [2.45, 2.75) is 18.4 Å². The van der Waals surface area contributed by atoms with E-state index in [0.29, 0.717) is 18.6 Å². The Balaban J connectivity index is 2.59. The summed E-state index contributed by atoms with van der Waals surface area (Å²) in [5.74, 6) is -1.44. The normalized spacial score (nSPS) is 18.0. The average molecular weight is 199 g/mol. The highest BCUT2D eigenvalue weighted by molar-refractivity contribution is 5.43. The molecule has 1 aliphatic rings. The monoisotopic (exact) mass is 199 g/mol. The predicted octanol–water partition coefficient (Wildman–Crippen LogP) is 1.92. The van der Waals surface area contributed by atoms with Crippen molar-refractivity contribution in [1.82, 2.24) is 0 Å².